The molecule has 0 spiro atoms. The van der Waals surface area contributed by atoms with E-state index in [2.05, 4.69) is 22.8 Å². The molecule has 1 atom stereocenters. The molecule has 1 unspecified atom stereocenters. The lowest BCUT2D eigenvalue weighted by Gasteiger charge is -2.21. The molecule has 0 aromatic carbocycles. The van der Waals surface area contributed by atoms with E-state index >= 15 is 0 Å². The number of carbonyl (C=O) groups excluding carboxylic acids is 1. The Morgan fingerprint density at radius 3 is 2.71 bits per heavy atom. The van der Waals surface area contributed by atoms with E-state index in [0.717, 1.165) is 19.0 Å². The van der Waals surface area contributed by atoms with Gasteiger partial charge in [0.2, 0.25) is 5.91 Å². The van der Waals surface area contributed by atoms with Crippen LogP contribution in [0.25, 0.3) is 0 Å². The van der Waals surface area contributed by atoms with Crippen LogP contribution in [-0.4, -0.2) is 24.5 Å². The van der Waals surface area contributed by atoms with Crippen molar-refractivity contribution in [2.75, 3.05) is 13.1 Å². The van der Waals surface area contributed by atoms with Crippen LogP contribution in [-0.2, 0) is 4.79 Å². The Kier molecular flexibility index (Phi) is 5.69. The van der Waals surface area contributed by atoms with Gasteiger partial charge in [-0.15, -0.1) is 0 Å². The van der Waals surface area contributed by atoms with Crippen molar-refractivity contribution in [2.24, 2.45) is 5.92 Å². The van der Waals surface area contributed by atoms with Gasteiger partial charge in [-0.25, -0.2) is 0 Å². The lowest BCUT2D eigenvalue weighted by molar-refractivity contribution is -0.122. The van der Waals surface area contributed by atoms with Gasteiger partial charge in [0.15, 0.2) is 0 Å². The molecule has 0 aliphatic heterocycles. The first kappa shape index (κ1) is 14.2. The van der Waals surface area contributed by atoms with Crippen molar-refractivity contribution in [1.82, 2.24) is 10.6 Å². The minimum Gasteiger partial charge on any atom is -0.351 e. The third kappa shape index (κ3) is 7.16. The Labute approximate surface area is 105 Å². The number of carbonyl (C=O) groups is 1. The molecule has 3 nitrogen and oxygen atoms in total. The fraction of sp³-hybridized carbons (Fsp3) is 0.786. The fourth-order valence-corrected chi connectivity index (χ4v) is 2.03. The van der Waals surface area contributed by atoms with E-state index in [1.54, 1.807) is 0 Å². The van der Waals surface area contributed by atoms with Crippen LogP contribution in [0.1, 0.15) is 46.5 Å². The molecular weight excluding hydrogens is 212 g/mol. The quantitative estimate of drug-likeness (QED) is 0.569. The molecule has 0 aromatic rings. The molecule has 3 heteroatoms. The molecule has 0 radical (unpaired) electrons. The summed E-state index contributed by atoms with van der Waals surface area (Å²) in [5.74, 6) is 0.888. The zero-order valence-corrected chi connectivity index (χ0v) is 11.4. The average Bonchev–Trinajstić information content (AvgIpc) is 2.23. The SMILES string of the molecule is CC(C)(C)NC(=O)CCNCC1CC=CCC1. The van der Waals surface area contributed by atoms with Crippen molar-refractivity contribution in [3.63, 3.8) is 0 Å². The zero-order chi connectivity index (χ0) is 12.7. The van der Waals surface area contributed by atoms with Crippen molar-refractivity contribution in [3.05, 3.63) is 12.2 Å². The third-order valence-corrected chi connectivity index (χ3v) is 2.85. The maximum Gasteiger partial charge on any atom is 0.221 e. The van der Waals surface area contributed by atoms with Gasteiger partial charge < -0.3 is 10.6 Å². The summed E-state index contributed by atoms with van der Waals surface area (Å²) >= 11 is 0. The molecule has 0 aromatic heterocycles. The van der Waals surface area contributed by atoms with Crippen LogP contribution in [0.5, 0.6) is 0 Å². The molecule has 1 aliphatic rings. The van der Waals surface area contributed by atoms with Crippen LogP contribution in [0.2, 0.25) is 0 Å². The van der Waals surface area contributed by atoms with Gasteiger partial charge in [-0.1, -0.05) is 12.2 Å². The normalized spacial score (nSPS) is 20.3. The van der Waals surface area contributed by atoms with Gasteiger partial charge in [-0.2, -0.15) is 0 Å². The Bertz CT molecular complexity index is 266. The summed E-state index contributed by atoms with van der Waals surface area (Å²) in [6, 6.07) is 0. The minimum atomic E-state index is -0.120. The van der Waals surface area contributed by atoms with E-state index in [4.69, 9.17) is 0 Å². The molecule has 0 fully saturated rings. The van der Waals surface area contributed by atoms with Crippen molar-refractivity contribution in [3.8, 4) is 0 Å². The second-order valence-electron chi connectivity index (χ2n) is 5.90. The number of hydrogen-bond acceptors (Lipinski definition) is 2. The number of rotatable bonds is 5. The highest BCUT2D eigenvalue weighted by Crippen LogP contribution is 2.16. The minimum absolute atomic E-state index is 0.120. The number of amides is 1. The predicted octanol–water partition coefficient (Wildman–Crippen LogP) is 2.24. The molecule has 0 bridgehead atoms. The van der Waals surface area contributed by atoms with Crippen LogP contribution >= 0.6 is 0 Å². The summed E-state index contributed by atoms with van der Waals surface area (Å²) in [6.07, 6.45) is 8.75. The molecule has 0 saturated heterocycles. The van der Waals surface area contributed by atoms with E-state index in [1.165, 1.54) is 19.3 Å². The van der Waals surface area contributed by atoms with Crippen molar-refractivity contribution >= 4 is 5.91 Å². The second-order valence-corrected chi connectivity index (χ2v) is 5.90. The number of nitrogens with one attached hydrogen (secondary N) is 2. The van der Waals surface area contributed by atoms with Crippen LogP contribution in [0, 0.1) is 5.92 Å². The van der Waals surface area contributed by atoms with Gasteiger partial charge in [0, 0.05) is 18.5 Å². The number of allylic oxidation sites excluding steroid dienone is 2. The summed E-state index contributed by atoms with van der Waals surface area (Å²) in [4.78, 5) is 11.5. The highest BCUT2D eigenvalue weighted by atomic mass is 16.1. The molecular formula is C14H26N2O. The second kappa shape index (κ2) is 6.80. The van der Waals surface area contributed by atoms with Crippen LogP contribution in [0.15, 0.2) is 12.2 Å². The van der Waals surface area contributed by atoms with Gasteiger partial charge >= 0.3 is 0 Å². The highest BCUT2D eigenvalue weighted by Gasteiger charge is 2.13. The smallest absolute Gasteiger partial charge is 0.221 e. The summed E-state index contributed by atoms with van der Waals surface area (Å²) in [5.41, 5.74) is -0.120. The first-order valence-corrected chi connectivity index (χ1v) is 6.64. The van der Waals surface area contributed by atoms with Gasteiger partial charge in [-0.3, -0.25) is 4.79 Å². The summed E-state index contributed by atoms with van der Waals surface area (Å²) in [5, 5.41) is 6.34. The van der Waals surface area contributed by atoms with Gasteiger partial charge in [0.05, 0.1) is 0 Å². The van der Waals surface area contributed by atoms with Crippen LogP contribution < -0.4 is 10.6 Å². The zero-order valence-electron chi connectivity index (χ0n) is 11.4. The van der Waals surface area contributed by atoms with E-state index in [0.29, 0.717) is 6.42 Å². The molecule has 1 aliphatic carbocycles. The van der Waals surface area contributed by atoms with Crippen LogP contribution in [0.4, 0.5) is 0 Å². The number of hydrogen-bond donors (Lipinski definition) is 2. The first-order chi connectivity index (χ1) is 7.97. The fourth-order valence-electron chi connectivity index (χ4n) is 2.03. The summed E-state index contributed by atoms with van der Waals surface area (Å²) in [7, 11) is 0. The van der Waals surface area contributed by atoms with Gasteiger partial charge in [-0.05, 0) is 52.5 Å². The standard InChI is InChI=1S/C14H26N2O/c1-14(2,3)16-13(17)9-10-15-11-12-7-5-4-6-8-12/h4-5,12,15H,6-11H2,1-3H3,(H,16,17). The third-order valence-electron chi connectivity index (χ3n) is 2.85. The van der Waals surface area contributed by atoms with E-state index in [9.17, 15) is 4.79 Å². The van der Waals surface area contributed by atoms with Gasteiger partial charge in [0.1, 0.15) is 0 Å². The Morgan fingerprint density at radius 1 is 1.35 bits per heavy atom. The summed E-state index contributed by atoms with van der Waals surface area (Å²) in [6.45, 7) is 7.83. The van der Waals surface area contributed by atoms with Crippen molar-refractivity contribution in [2.45, 2.75) is 52.0 Å². The lowest BCUT2D eigenvalue weighted by atomic mass is 9.94. The maximum absolute atomic E-state index is 11.5. The molecule has 98 valence electrons. The Morgan fingerprint density at radius 2 is 2.12 bits per heavy atom. The van der Waals surface area contributed by atoms with Gasteiger partial charge in [0.25, 0.3) is 0 Å². The first-order valence-electron chi connectivity index (χ1n) is 6.64. The summed E-state index contributed by atoms with van der Waals surface area (Å²) < 4.78 is 0. The molecule has 2 N–H and O–H groups in total. The Hall–Kier alpha value is -0.830. The topological polar surface area (TPSA) is 41.1 Å². The van der Waals surface area contributed by atoms with E-state index in [-0.39, 0.29) is 11.4 Å². The lowest BCUT2D eigenvalue weighted by Crippen LogP contribution is -2.41. The molecule has 0 saturated carbocycles. The molecule has 17 heavy (non-hydrogen) atoms. The van der Waals surface area contributed by atoms with E-state index in [1.807, 2.05) is 20.8 Å². The monoisotopic (exact) mass is 238 g/mol. The van der Waals surface area contributed by atoms with E-state index < -0.39 is 0 Å². The molecule has 1 amide bonds. The molecule has 0 heterocycles. The molecule has 1 rings (SSSR count). The Balaban J connectivity index is 2.04. The largest absolute Gasteiger partial charge is 0.351 e. The average molecular weight is 238 g/mol. The highest BCUT2D eigenvalue weighted by molar-refractivity contribution is 5.76. The predicted molar refractivity (Wildman–Crippen MR) is 71.9 cm³/mol. The maximum atomic E-state index is 11.5. The van der Waals surface area contributed by atoms with Crippen LogP contribution in [0.3, 0.4) is 0 Å². The van der Waals surface area contributed by atoms with Crippen molar-refractivity contribution < 1.29 is 4.79 Å². The van der Waals surface area contributed by atoms with Crippen molar-refractivity contribution in [1.29, 1.82) is 0 Å².